The summed E-state index contributed by atoms with van der Waals surface area (Å²) < 4.78 is 0. The van der Waals surface area contributed by atoms with Crippen LogP contribution < -0.4 is 5.32 Å². The SMILES string of the molecule is Cc1ncc(C(=O)NCc2ccc(C(=O)O)s2)c(C(C)C)n1. The van der Waals surface area contributed by atoms with Crippen LogP contribution in [0.25, 0.3) is 0 Å². The van der Waals surface area contributed by atoms with Crippen LogP contribution in [0.15, 0.2) is 18.3 Å². The van der Waals surface area contributed by atoms with Crippen LogP contribution in [0.4, 0.5) is 0 Å². The molecule has 1 amide bonds. The van der Waals surface area contributed by atoms with Crippen LogP contribution in [0.5, 0.6) is 0 Å². The Hall–Kier alpha value is -2.28. The first-order valence-electron chi connectivity index (χ1n) is 6.82. The van der Waals surface area contributed by atoms with Gasteiger partial charge in [0.2, 0.25) is 0 Å². The lowest BCUT2D eigenvalue weighted by Gasteiger charge is -2.11. The number of thiophene rings is 1. The van der Waals surface area contributed by atoms with Crippen LogP contribution in [-0.2, 0) is 6.54 Å². The average molecular weight is 319 g/mol. The van der Waals surface area contributed by atoms with E-state index in [1.54, 1.807) is 13.0 Å². The fourth-order valence-electron chi connectivity index (χ4n) is 1.95. The summed E-state index contributed by atoms with van der Waals surface area (Å²) in [5, 5.41) is 11.7. The molecule has 0 saturated carbocycles. The molecule has 0 bridgehead atoms. The van der Waals surface area contributed by atoms with Crippen molar-refractivity contribution in [3.05, 3.63) is 45.2 Å². The number of hydrogen-bond donors (Lipinski definition) is 2. The second kappa shape index (κ2) is 6.65. The Kier molecular flexibility index (Phi) is 4.87. The number of carbonyl (C=O) groups is 2. The van der Waals surface area contributed by atoms with Crippen molar-refractivity contribution in [2.75, 3.05) is 0 Å². The minimum absolute atomic E-state index is 0.114. The van der Waals surface area contributed by atoms with Gasteiger partial charge in [0.15, 0.2) is 0 Å². The Labute approximate surface area is 132 Å². The van der Waals surface area contributed by atoms with Crippen LogP contribution in [0.1, 0.15) is 56.2 Å². The lowest BCUT2D eigenvalue weighted by atomic mass is 10.0. The number of amides is 1. The van der Waals surface area contributed by atoms with Crippen molar-refractivity contribution in [3.8, 4) is 0 Å². The first-order chi connectivity index (χ1) is 10.4. The molecule has 0 spiro atoms. The average Bonchev–Trinajstić information content (AvgIpc) is 2.93. The van der Waals surface area contributed by atoms with E-state index in [1.807, 2.05) is 13.8 Å². The van der Waals surface area contributed by atoms with Gasteiger partial charge in [-0.05, 0) is 25.0 Å². The fourth-order valence-corrected chi connectivity index (χ4v) is 2.74. The van der Waals surface area contributed by atoms with E-state index < -0.39 is 5.97 Å². The Morgan fingerprint density at radius 3 is 2.68 bits per heavy atom. The molecule has 0 aliphatic heterocycles. The lowest BCUT2D eigenvalue weighted by molar-refractivity contribution is 0.0702. The van der Waals surface area contributed by atoms with Crippen molar-refractivity contribution in [3.63, 3.8) is 0 Å². The second-order valence-corrected chi connectivity index (χ2v) is 6.29. The molecule has 2 rings (SSSR count). The molecule has 2 heterocycles. The summed E-state index contributed by atoms with van der Waals surface area (Å²) in [4.78, 5) is 32.6. The highest BCUT2D eigenvalue weighted by Crippen LogP contribution is 2.18. The number of carboxylic acids is 1. The zero-order chi connectivity index (χ0) is 16.3. The first-order valence-corrected chi connectivity index (χ1v) is 7.64. The van der Waals surface area contributed by atoms with E-state index in [1.165, 1.54) is 12.3 Å². The summed E-state index contributed by atoms with van der Waals surface area (Å²) >= 11 is 1.15. The summed E-state index contributed by atoms with van der Waals surface area (Å²) in [5.41, 5.74) is 1.16. The molecule has 0 saturated heterocycles. The highest BCUT2D eigenvalue weighted by Gasteiger charge is 2.16. The standard InChI is InChI=1S/C15H17N3O3S/c1-8(2)13-11(7-16-9(3)18-13)14(19)17-6-10-4-5-12(22-10)15(20)21/h4-5,7-8H,6H2,1-3H3,(H,17,19)(H,20,21). The van der Waals surface area contributed by atoms with Crippen molar-refractivity contribution in [2.45, 2.75) is 33.2 Å². The summed E-state index contributed by atoms with van der Waals surface area (Å²) in [6.07, 6.45) is 1.53. The molecule has 0 unspecified atom stereocenters. The monoisotopic (exact) mass is 319 g/mol. The maximum Gasteiger partial charge on any atom is 0.345 e. The Morgan fingerprint density at radius 1 is 1.36 bits per heavy atom. The molecule has 0 fully saturated rings. The molecule has 22 heavy (non-hydrogen) atoms. The van der Waals surface area contributed by atoms with E-state index in [0.717, 1.165) is 16.2 Å². The van der Waals surface area contributed by atoms with E-state index in [2.05, 4.69) is 15.3 Å². The molecule has 6 nitrogen and oxygen atoms in total. The summed E-state index contributed by atoms with van der Waals surface area (Å²) in [7, 11) is 0. The molecule has 0 atom stereocenters. The minimum Gasteiger partial charge on any atom is -0.477 e. The molecular weight excluding hydrogens is 302 g/mol. The molecule has 2 N–H and O–H groups in total. The fraction of sp³-hybridized carbons (Fsp3) is 0.333. The van der Waals surface area contributed by atoms with Gasteiger partial charge in [-0.1, -0.05) is 13.8 Å². The zero-order valence-corrected chi connectivity index (χ0v) is 13.4. The zero-order valence-electron chi connectivity index (χ0n) is 12.6. The predicted molar refractivity (Wildman–Crippen MR) is 83.3 cm³/mol. The van der Waals surface area contributed by atoms with Gasteiger partial charge in [-0.25, -0.2) is 14.8 Å². The van der Waals surface area contributed by atoms with Gasteiger partial charge < -0.3 is 10.4 Å². The van der Waals surface area contributed by atoms with Gasteiger partial charge in [-0.15, -0.1) is 11.3 Å². The molecule has 2 aromatic rings. The van der Waals surface area contributed by atoms with Gasteiger partial charge in [0.1, 0.15) is 10.7 Å². The Bertz CT molecular complexity index is 710. The van der Waals surface area contributed by atoms with Crippen molar-refractivity contribution in [1.29, 1.82) is 0 Å². The number of carboxylic acid groups (broad SMARTS) is 1. The van der Waals surface area contributed by atoms with Gasteiger partial charge in [0.05, 0.1) is 17.8 Å². The molecule has 116 valence electrons. The Balaban J connectivity index is 2.10. The second-order valence-electron chi connectivity index (χ2n) is 5.12. The topological polar surface area (TPSA) is 92.2 Å². The maximum atomic E-state index is 12.3. The largest absolute Gasteiger partial charge is 0.477 e. The number of aryl methyl sites for hydroxylation is 1. The normalized spacial score (nSPS) is 10.7. The third-order valence-electron chi connectivity index (χ3n) is 3.03. The lowest BCUT2D eigenvalue weighted by Crippen LogP contribution is -2.25. The Morgan fingerprint density at radius 2 is 2.09 bits per heavy atom. The van der Waals surface area contributed by atoms with E-state index in [4.69, 9.17) is 5.11 Å². The number of aromatic carboxylic acids is 1. The van der Waals surface area contributed by atoms with Gasteiger partial charge >= 0.3 is 5.97 Å². The summed E-state index contributed by atoms with van der Waals surface area (Å²) in [6.45, 7) is 6.00. The van der Waals surface area contributed by atoms with Crippen molar-refractivity contribution < 1.29 is 14.7 Å². The maximum absolute atomic E-state index is 12.3. The number of rotatable bonds is 5. The van der Waals surface area contributed by atoms with Crippen LogP contribution in [0.3, 0.4) is 0 Å². The van der Waals surface area contributed by atoms with E-state index in [9.17, 15) is 9.59 Å². The number of carbonyl (C=O) groups excluding carboxylic acids is 1. The molecule has 0 aromatic carbocycles. The van der Waals surface area contributed by atoms with Crippen LogP contribution in [0.2, 0.25) is 0 Å². The number of nitrogens with zero attached hydrogens (tertiary/aromatic N) is 2. The third-order valence-corrected chi connectivity index (χ3v) is 4.10. The number of hydrogen-bond acceptors (Lipinski definition) is 5. The highest BCUT2D eigenvalue weighted by molar-refractivity contribution is 7.13. The van der Waals surface area contributed by atoms with Gasteiger partial charge in [0.25, 0.3) is 5.91 Å². The van der Waals surface area contributed by atoms with Gasteiger partial charge in [0, 0.05) is 11.1 Å². The van der Waals surface area contributed by atoms with Crippen LogP contribution in [-0.4, -0.2) is 27.0 Å². The smallest absolute Gasteiger partial charge is 0.345 e. The molecule has 7 heteroatoms. The summed E-state index contributed by atoms with van der Waals surface area (Å²) in [5.74, 6) is -0.474. The predicted octanol–water partition coefficient (Wildman–Crippen LogP) is 2.60. The van der Waals surface area contributed by atoms with E-state index >= 15 is 0 Å². The van der Waals surface area contributed by atoms with E-state index in [-0.39, 0.29) is 23.2 Å². The van der Waals surface area contributed by atoms with Crippen molar-refractivity contribution in [2.24, 2.45) is 0 Å². The summed E-state index contributed by atoms with van der Waals surface area (Å²) in [6, 6.07) is 3.23. The van der Waals surface area contributed by atoms with Crippen molar-refractivity contribution >= 4 is 23.2 Å². The molecular formula is C15H17N3O3S. The number of nitrogens with one attached hydrogen (secondary N) is 1. The number of aromatic nitrogens is 2. The quantitative estimate of drug-likeness (QED) is 0.883. The highest BCUT2D eigenvalue weighted by atomic mass is 32.1. The van der Waals surface area contributed by atoms with Crippen LogP contribution in [0, 0.1) is 6.92 Å². The molecule has 0 aliphatic rings. The van der Waals surface area contributed by atoms with E-state index in [0.29, 0.717) is 17.1 Å². The molecule has 0 aliphatic carbocycles. The molecule has 0 radical (unpaired) electrons. The van der Waals surface area contributed by atoms with Crippen LogP contribution >= 0.6 is 11.3 Å². The third kappa shape index (κ3) is 3.67. The minimum atomic E-state index is -0.961. The molecule has 2 aromatic heterocycles. The first kappa shape index (κ1) is 16.1. The van der Waals surface area contributed by atoms with Crippen molar-refractivity contribution in [1.82, 2.24) is 15.3 Å². The van der Waals surface area contributed by atoms with Gasteiger partial charge in [-0.2, -0.15) is 0 Å². The van der Waals surface area contributed by atoms with Gasteiger partial charge in [-0.3, -0.25) is 4.79 Å².